The van der Waals surface area contributed by atoms with Gasteiger partial charge >= 0.3 is 5.97 Å². The molecule has 5 heteroatoms. The van der Waals surface area contributed by atoms with E-state index in [0.29, 0.717) is 5.75 Å². The number of carboxylic acids is 1. The van der Waals surface area contributed by atoms with Crippen LogP contribution in [0.1, 0.15) is 12.8 Å². The van der Waals surface area contributed by atoms with E-state index in [1.165, 1.54) is 11.8 Å². The molecule has 1 rings (SSSR count). The summed E-state index contributed by atoms with van der Waals surface area (Å²) in [4.78, 5) is 22.6. The highest BCUT2D eigenvalue weighted by Gasteiger charge is 2.06. The molecular weight excluding hydrogens is 292 g/mol. The first-order valence-corrected chi connectivity index (χ1v) is 6.47. The Morgan fingerprint density at radius 2 is 1.81 bits per heavy atom. The van der Waals surface area contributed by atoms with E-state index in [2.05, 4.69) is 15.9 Å². The molecule has 0 unspecified atom stereocenters. The number of benzene rings is 1. The lowest BCUT2D eigenvalue weighted by molar-refractivity contribution is -0.138. The summed E-state index contributed by atoms with van der Waals surface area (Å²) in [7, 11) is 0. The number of rotatable bonds is 6. The third-order valence-corrected chi connectivity index (χ3v) is 3.43. The van der Waals surface area contributed by atoms with Gasteiger partial charge in [-0.25, -0.2) is 0 Å². The first kappa shape index (κ1) is 13.3. The third kappa shape index (κ3) is 5.32. The van der Waals surface area contributed by atoms with Gasteiger partial charge in [0.25, 0.3) is 0 Å². The molecule has 0 fully saturated rings. The molecule has 1 N–H and O–H groups in total. The molecule has 0 saturated carbocycles. The van der Waals surface area contributed by atoms with E-state index in [4.69, 9.17) is 5.11 Å². The van der Waals surface area contributed by atoms with Crippen molar-refractivity contribution in [3.63, 3.8) is 0 Å². The fraction of sp³-hybridized carbons (Fsp3) is 0.273. The largest absolute Gasteiger partial charge is 0.481 e. The van der Waals surface area contributed by atoms with E-state index >= 15 is 0 Å². The predicted molar refractivity (Wildman–Crippen MR) is 66.7 cm³/mol. The minimum absolute atomic E-state index is 0.0321. The van der Waals surface area contributed by atoms with Crippen LogP contribution in [0.25, 0.3) is 0 Å². The van der Waals surface area contributed by atoms with Crippen molar-refractivity contribution in [3.8, 4) is 0 Å². The molecule has 0 aliphatic heterocycles. The Kier molecular flexibility index (Phi) is 5.55. The zero-order chi connectivity index (χ0) is 12.0. The second-order valence-corrected chi connectivity index (χ2v) is 5.14. The van der Waals surface area contributed by atoms with Crippen molar-refractivity contribution in [1.82, 2.24) is 0 Å². The summed E-state index contributed by atoms with van der Waals surface area (Å²) >= 11 is 4.75. The lowest BCUT2D eigenvalue weighted by Crippen LogP contribution is -2.05. The molecule has 0 heterocycles. The van der Waals surface area contributed by atoms with Crippen LogP contribution in [0.3, 0.4) is 0 Å². The maximum absolute atomic E-state index is 11.3. The van der Waals surface area contributed by atoms with Gasteiger partial charge in [0, 0.05) is 15.8 Å². The summed E-state index contributed by atoms with van der Waals surface area (Å²) < 4.78 is 0.994. The van der Waals surface area contributed by atoms with Crippen molar-refractivity contribution >= 4 is 39.4 Å². The number of carboxylic acid groups (broad SMARTS) is 1. The Balaban J connectivity index is 2.31. The van der Waals surface area contributed by atoms with Crippen LogP contribution >= 0.6 is 27.7 Å². The van der Waals surface area contributed by atoms with Gasteiger partial charge in [-0.05, 0) is 24.3 Å². The number of halogens is 1. The number of carbonyl (C=O) groups excluding carboxylic acids is 1. The van der Waals surface area contributed by atoms with E-state index in [1.54, 1.807) is 0 Å². The van der Waals surface area contributed by atoms with Gasteiger partial charge in [0.2, 0.25) is 0 Å². The van der Waals surface area contributed by atoms with Gasteiger partial charge in [-0.1, -0.05) is 15.9 Å². The monoisotopic (exact) mass is 302 g/mol. The van der Waals surface area contributed by atoms with Crippen molar-refractivity contribution in [2.24, 2.45) is 0 Å². The van der Waals surface area contributed by atoms with E-state index in [9.17, 15) is 9.59 Å². The zero-order valence-corrected chi connectivity index (χ0v) is 10.9. The topological polar surface area (TPSA) is 54.4 Å². The Morgan fingerprint density at radius 1 is 1.19 bits per heavy atom. The molecule has 0 saturated heterocycles. The molecule has 0 spiro atoms. The number of hydrogen-bond acceptors (Lipinski definition) is 3. The summed E-state index contributed by atoms with van der Waals surface area (Å²) in [5.74, 6) is -0.633. The zero-order valence-electron chi connectivity index (χ0n) is 8.48. The van der Waals surface area contributed by atoms with Crippen LogP contribution in [0.5, 0.6) is 0 Å². The summed E-state index contributed by atoms with van der Waals surface area (Å²) in [6.07, 6.45) is 0.0264. The highest BCUT2D eigenvalue weighted by molar-refractivity contribution is 9.10. The van der Waals surface area contributed by atoms with Crippen molar-refractivity contribution in [3.05, 3.63) is 28.7 Å². The molecule has 0 aliphatic carbocycles. The minimum atomic E-state index is -0.929. The quantitative estimate of drug-likeness (QED) is 0.821. The average molecular weight is 303 g/mol. The average Bonchev–Trinajstić information content (AvgIpc) is 2.25. The number of aliphatic carboxylic acids is 1. The van der Waals surface area contributed by atoms with Gasteiger partial charge in [-0.15, -0.1) is 11.8 Å². The lowest BCUT2D eigenvalue weighted by Gasteiger charge is -2.00. The van der Waals surface area contributed by atoms with E-state index < -0.39 is 5.97 Å². The summed E-state index contributed by atoms with van der Waals surface area (Å²) in [6, 6.07) is 7.65. The van der Waals surface area contributed by atoms with Crippen LogP contribution in [0.15, 0.2) is 33.6 Å². The van der Waals surface area contributed by atoms with Crippen LogP contribution in [-0.4, -0.2) is 22.6 Å². The third-order valence-electron chi connectivity index (χ3n) is 1.83. The van der Waals surface area contributed by atoms with Gasteiger partial charge in [0.15, 0.2) is 0 Å². The molecule has 0 aliphatic rings. The molecule has 1 aromatic carbocycles. The smallest absolute Gasteiger partial charge is 0.303 e. The molecule has 0 aromatic heterocycles. The van der Waals surface area contributed by atoms with Gasteiger partial charge < -0.3 is 5.11 Å². The van der Waals surface area contributed by atoms with Crippen molar-refractivity contribution in [2.75, 3.05) is 5.75 Å². The van der Waals surface area contributed by atoms with Crippen molar-refractivity contribution in [2.45, 2.75) is 17.7 Å². The molecule has 0 amide bonds. The SMILES string of the molecule is O=C(O)CCC(=O)CSc1ccc(Br)cc1. The van der Waals surface area contributed by atoms with E-state index in [0.717, 1.165) is 9.37 Å². The van der Waals surface area contributed by atoms with Crippen LogP contribution in [0.4, 0.5) is 0 Å². The normalized spacial score (nSPS) is 10.1. The minimum Gasteiger partial charge on any atom is -0.481 e. The van der Waals surface area contributed by atoms with E-state index in [-0.39, 0.29) is 18.6 Å². The molecule has 1 aromatic rings. The summed E-state index contributed by atoms with van der Waals surface area (Å²) in [6.45, 7) is 0. The Morgan fingerprint density at radius 3 is 2.38 bits per heavy atom. The molecule has 0 radical (unpaired) electrons. The molecular formula is C11H11BrO3S. The Labute approximate surface area is 106 Å². The number of hydrogen-bond donors (Lipinski definition) is 1. The van der Waals surface area contributed by atoms with Gasteiger partial charge in [0.05, 0.1) is 12.2 Å². The number of Topliss-reactive ketones (excluding diaryl/α,β-unsaturated/α-hetero) is 1. The van der Waals surface area contributed by atoms with Crippen LogP contribution < -0.4 is 0 Å². The molecule has 0 bridgehead atoms. The molecule has 86 valence electrons. The van der Waals surface area contributed by atoms with Crippen LogP contribution in [0, 0.1) is 0 Å². The fourth-order valence-electron chi connectivity index (χ4n) is 1.01. The Bertz CT molecular complexity index is 375. The van der Waals surface area contributed by atoms with Gasteiger partial charge in [-0.2, -0.15) is 0 Å². The molecule has 16 heavy (non-hydrogen) atoms. The predicted octanol–water partition coefficient (Wildman–Crippen LogP) is 2.98. The first-order chi connectivity index (χ1) is 7.58. The first-order valence-electron chi connectivity index (χ1n) is 4.70. The second kappa shape index (κ2) is 6.70. The van der Waals surface area contributed by atoms with Gasteiger partial charge in [0.1, 0.15) is 5.78 Å². The maximum Gasteiger partial charge on any atom is 0.303 e. The summed E-state index contributed by atoms with van der Waals surface area (Å²) in [5.41, 5.74) is 0. The van der Waals surface area contributed by atoms with Crippen molar-refractivity contribution < 1.29 is 14.7 Å². The fourth-order valence-corrected chi connectivity index (χ4v) is 2.08. The molecule has 0 atom stereocenters. The van der Waals surface area contributed by atoms with Gasteiger partial charge in [-0.3, -0.25) is 9.59 Å². The van der Waals surface area contributed by atoms with E-state index in [1.807, 2.05) is 24.3 Å². The maximum atomic E-state index is 11.3. The number of thioether (sulfide) groups is 1. The molecule has 3 nitrogen and oxygen atoms in total. The number of ketones is 1. The van der Waals surface area contributed by atoms with Crippen LogP contribution in [-0.2, 0) is 9.59 Å². The highest BCUT2D eigenvalue weighted by atomic mass is 79.9. The standard InChI is InChI=1S/C11H11BrO3S/c12-8-1-4-10(5-2-8)16-7-9(13)3-6-11(14)15/h1-2,4-5H,3,6-7H2,(H,14,15). The number of carbonyl (C=O) groups is 2. The summed E-state index contributed by atoms with van der Waals surface area (Å²) in [5, 5.41) is 8.41. The lowest BCUT2D eigenvalue weighted by atomic mass is 10.2. The second-order valence-electron chi connectivity index (χ2n) is 3.18. The van der Waals surface area contributed by atoms with Crippen LogP contribution in [0.2, 0.25) is 0 Å². The van der Waals surface area contributed by atoms with Crippen molar-refractivity contribution in [1.29, 1.82) is 0 Å². The highest BCUT2D eigenvalue weighted by Crippen LogP contribution is 2.20. The Hall–Kier alpha value is -0.810.